The lowest BCUT2D eigenvalue weighted by Gasteiger charge is -2.32. The molecule has 5 rings (SSSR count). The molecule has 2 bridgehead atoms. The lowest BCUT2D eigenvalue weighted by atomic mass is 9.69. The molecule has 0 radical (unpaired) electrons. The van der Waals surface area contributed by atoms with E-state index in [1.54, 1.807) is 6.92 Å². The summed E-state index contributed by atoms with van der Waals surface area (Å²) in [4.78, 5) is 19.8. The van der Waals surface area contributed by atoms with E-state index in [-0.39, 0.29) is 23.5 Å². The van der Waals surface area contributed by atoms with E-state index >= 15 is 0 Å². The van der Waals surface area contributed by atoms with Gasteiger partial charge in [-0.05, 0) is 23.1 Å². The molecule has 112 valence electrons. The van der Waals surface area contributed by atoms with Gasteiger partial charge in [0.2, 0.25) is 5.54 Å². The number of benzene rings is 1. The van der Waals surface area contributed by atoms with Gasteiger partial charge in [0.25, 0.3) is 11.5 Å². The SMILES string of the molecule is CC1=[N+]([O-])N2O[C@H]3[C@H]([C@@H]4C=C[C@H]3C4)[C@@]2(c2ccccc2)C1=O. The molecule has 0 N–H and O–H groups in total. The summed E-state index contributed by atoms with van der Waals surface area (Å²) in [7, 11) is 0. The zero-order valence-corrected chi connectivity index (χ0v) is 12.2. The third kappa shape index (κ3) is 1.14. The van der Waals surface area contributed by atoms with Crippen LogP contribution in [0.25, 0.3) is 0 Å². The molecule has 0 aromatic heterocycles. The summed E-state index contributed by atoms with van der Waals surface area (Å²) in [6.45, 7) is 1.58. The first kappa shape index (κ1) is 12.4. The first-order valence-electron chi connectivity index (χ1n) is 7.72. The molecular weight excluding hydrogens is 280 g/mol. The van der Waals surface area contributed by atoms with Gasteiger partial charge in [-0.2, -0.15) is 0 Å². The Morgan fingerprint density at radius 1 is 1.27 bits per heavy atom. The molecule has 2 aliphatic heterocycles. The maximum absolute atomic E-state index is 13.1. The number of hydroxylamine groups is 1. The topological polar surface area (TPSA) is 55.6 Å². The van der Waals surface area contributed by atoms with Crippen molar-refractivity contribution in [2.24, 2.45) is 17.8 Å². The Labute approximate surface area is 128 Å². The highest BCUT2D eigenvalue weighted by Crippen LogP contribution is 2.60. The summed E-state index contributed by atoms with van der Waals surface area (Å²) in [6.07, 6.45) is 5.30. The Kier molecular flexibility index (Phi) is 2.14. The molecule has 2 heterocycles. The molecule has 2 fully saturated rings. The standard InChI is InChI=1S/C17H16N2O3/c1-10-16(20)17(13-5-3-2-4-6-13)14-11-7-8-12(9-11)15(14)22-19(17)18(10)21/h2-8,11-12,14-15H,9H2,1H3/t11-,12+,14+,15-,17+/m1/s1. The Balaban J connectivity index is 1.77. The van der Waals surface area contributed by atoms with Crippen molar-refractivity contribution >= 4 is 11.5 Å². The van der Waals surface area contributed by atoms with E-state index in [1.165, 1.54) is 5.17 Å². The van der Waals surface area contributed by atoms with Gasteiger partial charge < -0.3 is 5.21 Å². The number of hydrazone groups is 1. The smallest absolute Gasteiger partial charge is 0.264 e. The molecule has 1 aromatic carbocycles. The van der Waals surface area contributed by atoms with E-state index in [1.807, 2.05) is 30.3 Å². The number of carbonyl (C=O) groups excluding carboxylic acids is 1. The van der Waals surface area contributed by atoms with E-state index in [9.17, 15) is 10.0 Å². The highest BCUT2D eigenvalue weighted by molar-refractivity contribution is 6.41. The molecule has 1 saturated heterocycles. The van der Waals surface area contributed by atoms with E-state index in [4.69, 9.17) is 4.84 Å². The second-order valence-electron chi connectivity index (χ2n) is 6.64. The first-order chi connectivity index (χ1) is 10.7. The Morgan fingerprint density at radius 3 is 2.77 bits per heavy atom. The minimum Gasteiger partial charge on any atom is -0.594 e. The lowest BCUT2D eigenvalue weighted by Crippen LogP contribution is -2.50. The van der Waals surface area contributed by atoms with Crippen LogP contribution in [0, 0.1) is 23.0 Å². The summed E-state index contributed by atoms with van der Waals surface area (Å²) in [5, 5.41) is 13.8. The van der Waals surface area contributed by atoms with Crippen LogP contribution < -0.4 is 0 Å². The predicted molar refractivity (Wildman–Crippen MR) is 78.4 cm³/mol. The fourth-order valence-electron chi connectivity index (χ4n) is 4.84. The van der Waals surface area contributed by atoms with Crippen molar-refractivity contribution in [3.8, 4) is 0 Å². The number of hydrogen-bond donors (Lipinski definition) is 0. The molecule has 4 aliphatic rings. The minimum absolute atomic E-state index is 0.00583. The summed E-state index contributed by atoms with van der Waals surface area (Å²) >= 11 is 0. The minimum atomic E-state index is -0.998. The van der Waals surface area contributed by atoms with Crippen LogP contribution in [-0.4, -0.2) is 27.6 Å². The zero-order valence-electron chi connectivity index (χ0n) is 12.2. The highest BCUT2D eigenvalue weighted by atomic mass is 16.8. The Hall–Kier alpha value is -2.14. The van der Waals surface area contributed by atoms with Crippen LogP contribution in [0.3, 0.4) is 0 Å². The van der Waals surface area contributed by atoms with Gasteiger partial charge in [-0.1, -0.05) is 47.3 Å². The molecule has 0 unspecified atom stereocenters. The fraction of sp³-hybridized carbons (Fsp3) is 0.412. The maximum atomic E-state index is 13.1. The molecular formula is C17H16N2O3. The monoisotopic (exact) mass is 296 g/mol. The van der Waals surface area contributed by atoms with E-state index in [2.05, 4.69) is 12.2 Å². The van der Waals surface area contributed by atoms with Crippen LogP contribution in [0.2, 0.25) is 0 Å². The second-order valence-corrected chi connectivity index (χ2v) is 6.64. The average Bonchev–Trinajstić information content (AvgIpc) is 3.26. The summed E-state index contributed by atoms with van der Waals surface area (Å²) in [5.74, 6) is 0.486. The quantitative estimate of drug-likeness (QED) is 0.450. The fourth-order valence-corrected chi connectivity index (χ4v) is 4.84. The molecule has 0 spiro atoms. The van der Waals surface area contributed by atoms with Gasteiger partial charge in [0, 0.05) is 18.8 Å². The van der Waals surface area contributed by atoms with Crippen LogP contribution >= 0.6 is 0 Å². The van der Waals surface area contributed by atoms with Crippen molar-refractivity contribution in [2.45, 2.75) is 25.0 Å². The van der Waals surface area contributed by atoms with Crippen LogP contribution in [0.15, 0.2) is 42.5 Å². The maximum Gasteiger partial charge on any atom is 0.264 e. The molecule has 22 heavy (non-hydrogen) atoms. The third-order valence-corrected chi connectivity index (χ3v) is 5.73. The second kappa shape index (κ2) is 3.79. The van der Waals surface area contributed by atoms with Crippen LogP contribution in [0.4, 0.5) is 0 Å². The van der Waals surface area contributed by atoms with Crippen molar-refractivity contribution in [3.63, 3.8) is 0 Å². The van der Waals surface area contributed by atoms with Crippen molar-refractivity contribution in [1.29, 1.82) is 0 Å². The largest absolute Gasteiger partial charge is 0.594 e. The number of hydrazine groups is 1. The number of nitrogens with zero attached hydrogens (tertiary/aromatic N) is 2. The molecule has 5 heteroatoms. The highest BCUT2D eigenvalue weighted by Gasteiger charge is 2.75. The molecule has 5 atom stereocenters. The van der Waals surface area contributed by atoms with Crippen molar-refractivity contribution in [2.75, 3.05) is 0 Å². The molecule has 2 aliphatic carbocycles. The number of ketones is 1. The van der Waals surface area contributed by atoms with Crippen molar-refractivity contribution in [3.05, 3.63) is 53.3 Å². The van der Waals surface area contributed by atoms with Gasteiger partial charge >= 0.3 is 0 Å². The number of hydrogen-bond acceptors (Lipinski definition) is 4. The van der Waals surface area contributed by atoms with Crippen LogP contribution in [0.5, 0.6) is 0 Å². The van der Waals surface area contributed by atoms with Crippen molar-refractivity contribution < 1.29 is 14.5 Å². The third-order valence-electron chi connectivity index (χ3n) is 5.73. The van der Waals surface area contributed by atoms with Gasteiger partial charge in [-0.15, -0.1) is 0 Å². The normalized spacial score (nSPS) is 41.5. The van der Waals surface area contributed by atoms with E-state index < -0.39 is 5.54 Å². The van der Waals surface area contributed by atoms with Gasteiger partial charge in [-0.25, -0.2) is 4.84 Å². The molecule has 1 aromatic rings. The Morgan fingerprint density at radius 2 is 2.00 bits per heavy atom. The van der Waals surface area contributed by atoms with Gasteiger partial charge in [0.15, 0.2) is 0 Å². The summed E-state index contributed by atoms with van der Waals surface area (Å²) in [5.41, 5.74) is 0.0577. The Bertz CT molecular complexity index is 742. The van der Waals surface area contributed by atoms with Gasteiger partial charge in [0.1, 0.15) is 6.10 Å². The van der Waals surface area contributed by atoms with Crippen molar-refractivity contribution in [1.82, 2.24) is 5.17 Å². The number of fused-ring (bicyclic) bond motifs is 7. The number of allylic oxidation sites excluding steroid dienone is 1. The lowest BCUT2D eigenvalue weighted by molar-refractivity contribution is -0.722. The molecule has 5 nitrogen and oxygen atoms in total. The predicted octanol–water partition coefficient (Wildman–Crippen LogP) is 1.79. The van der Waals surface area contributed by atoms with E-state index in [0.29, 0.717) is 16.7 Å². The zero-order chi connectivity index (χ0) is 15.1. The number of Topliss-reactive ketones (excluding diaryl/α,β-unsaturated/α-hetero) is 1. The van der Waals surface area contributed by atoms with E-state index in [0.717, 1.165) is 12.0 Å². The molecule has 1 saturated carbocycles. The number of carbonyl (C=O) groups is 1. The van der Waals surface area contributed by atoms with Gasteiger partial charge in [0.05, 0.1) is 0 Å². The summed E-state index contributed by atoms with van der Waals surface area (Å²) < 4.78 is 0. The van der Waals surface area contributed by atoms with Gasteiger partial charge in [-0.3, -0.25) is 4.79 Å². The summed E-state index contributed by atoms with van der Waals surface area (Å²) in [6, 6.07) is 9.60. The first-order valence-corrected chi connectivity index (χ1v) is 7.72. The number of rotatable bonds is 1. The average molecular weight is 296 g/mol. The van der Waals surface area contributed by atoms with Crippen LogP contribution in [0.1, 0.15) is 18.9 Å². The molecule has 0 amide bonds. The van der Waals surface area contributed by atoms with Crippen LogP contribution in [-0.2, 0) is 15.2 Å².